The van der Waals surface area contributed by atoms with Crippen LogP contribution in [0.1, 0.15) is 22.4 Å². The van der Waals surface area contributed by atoms with Crippen molar-refractivity contribution in [2.24, 2.45) is 0 Å². The van der Waals surface area contributed by atoms with Gasteiger partial charge in [-0.3, -0.25) is 4.79 Å². The van der Waals surface area contributed by atoms with E-state index in [0.717, 1.165) is 28.1 Å². The first kappa shape index (κ1) is 19.1. The Morgan fingerprint density at radius 1 is 1.17 bits per heavy atom. The van der Waals surface area contributed by atoms with Crippen molar-refractivity contribution in [1.29, 1.82) is 0 Å². The van der Waals surface area contributed by atoms with E-state index < -0.39 is 0 Å². The highest BCUT2D eigenvalue weighted by atomic mass is 35.5. The van der Waals surface area contributed by atoms with Crippen LogP contribution in [0.25, 0.3) is 6.08 Å². The largest absolute Gasteiger partial charge is 0.454 e. The lowest BCUT2D eigenvalue weighted by Crippen LogP contribution is -2.20. The number of amides is 1. The average Bonchev–Trinajstić information content (AvgIpc) is 3.30. The highest BCUT2D eigenvalue weighted by molar-refractivity contribution is 6.31. The molecule has 1 aliphatic heterocycles. The molecule has 1 amide bonds. The van der Waals surface area contributed by atoms with E-state index in [2.05, 4.69) is 10.4 Å². The summed E-state index contributed by atoms with van der Waals surface area (Å²) in [5.74, 6) is 1.20. The second-order valence-corrected chi connectivity index (χ2v) is 7.03. The Morgan fingerprint density at radius 2 is 1.97 bits per heavy atom. The number of hydrogen-bond donors (Lipinski definition) is 1. The summed E-state index contributed by atoms with van der Waals surface area (Å²) in [6.45, 7) is 3.06. The molecule has 1 N–H and O–H groups in total. The van der Waals surface area contributed by atoms with Crippen LogP contribution < -0.4 is 14.8 Å². The van der Waals surface area contributed by atoms with Gasteiger partial charge in [0.15, 0.2) is 11.5 Å². The molecule has 0 saturated carbocycles. The molecular formula is C22H20ClN3O3. The van der Waals surface area contributed by atoms with Crippen LogP contribution in [-0.4, -0.2) is 22.5 Å². The summed E-state index contributed by atoms with van der Waals surface area (Å²) in [4.78, 5) is 12.2. The Hall–Kier alpha value is -3.25. The zero-order valence-electron chi connectivity index (χ0n) is 15.9. The third kappa shape index (κ3) is 4.43. The Kier molecular flexibility index (Phi) is 5.53. The fourth-order valence-corrected chi connectivity index (χ4v) is 3.37. The van der Waals surface area contributed by atoms with E-state index in [1.165, 1.54) is 6.08 Å². The van der Waals surface area contributed by atoms with Crippen LogP contribution in [0.15, 0.2) is 54.6 Å². The van der Waals surface area contributed by atoms with E-state index in [1.807, 2.05) is 55.5 Å². The number of carbonyl (C=O) groups excluding carboxylic acids is 1. The van der Waals surface area contributed by atoms with E-state index in [4.69, 9.17) is 21.1 Å². The Bertz CT molecular complexity index is 1060. The lowest BCUT2D eigenvalue weighted by atomic mass is 10.2. The van der Waals surface area contributed by atoms with Crippen molar-refractivity contribution in [3.05, 3.63) is 82.1 Å². The number of fused-ring (bicyclic) bond motifs is 1. The Labute approximate surface area is 173 Å². The fourth-order valence-electron chi connectivity index (χ4n) is 3.08. The molecule has 0 unspecified atom stereocenters. The number of aromatic nitrogens is 2. The highest BCUT2D eigenvalue weighted by Gasteiger charge is 2.14. The molecule has 7 heteroatoms. The Morgan fingerprint density at radius 3 is 2.79 bits per heavy atom. The van der Waals surface area contributed by atoms with E-state index in [9.17, 15) is 4.79 Å². The molecule has 0 bridgehead atoms. The van der Waals surface area contributed by atoms with Gasteiger partial charge in [-0.2, -0.15) is 5.10 Å². The zero-order valence-corrected chi connectivity index (χ0v) is 16.6. The average molecular weight is 410 g/mol. The topological polar surface area (TPSA) is 65.4 Å². The first-order valence-electron chi connectivity index (χ1n) is 9.21. The maximum atomic E-state index is 12.2. The molecule has 0 atom stereocenters. The molecule has 1 aromatic heterocycles. The summed E-state index contributed by atoms with van der Waals surface area (Å²) >= 11 is 6.48. The predicted octanol–water partition coefficient (Wildman–Crippen LogP) is 3.95. The van der Waals surface area contributed by atoms with Crippen LogP contribution in [0.5, 0.6) is 11.5 Å². The van der Waals surface area contributed by atoms with Crippen LogP contribution in [0.3, 0.4) is 0 Å². The standard InChI is InChI=1S/C22H20ClN3O3/c1-15-18(22(23)26(25-15)13-16-5-3-2-4-6-16)8-10-21(27)24-12-17-7-9-19-20(11-17)29-14-28-19/h2-11H,12-14H2,1H3,(H,24,27)/b10-8+. The zero-order chi connectivity index (χ0) is 20.2. The SMILES string of the molecule is Cc1nn(Cc2ccccc2)c(Cl)c1/C=C/C(=O)NCc1ccc2c(c1)OCO2. The number of nitrogens with zero attached hydrogens (tertiary/aromatic N) is 2. The van der Waals surface area contributed by atoms with Crippen molar-refractivity contribution in [3.63, 3.8) is 0 Å². The molecular weight excluding hydrogens is 390 g/mol. The molecule has 0 fully saturated rings. The number of nitrogens with one attached hydrogen (secondary N) is 1. The highest BCUT2D eigenvalue weighted by Crippen LogP contribution is 2.32. The first-order chi connectivity index (χ1) is 14.1. The van der Waals surface area contributed by atoms with Crippen molar-refractivity contribution < 1.29 is 14.3 Å². The third-order valence-corrected chi connectivity index (χ3v) is 4.99. The van der Waals surface area contributed by atoms with Gasteiger partial charge in [0.2, 0.25) is 12.7 Å². The van der Waals surface area contributed by atoms with E-state index in [0.29, 0.717) is 24.0 Å². The van der Waals surface area contributed by atoms with Crippen molar-refractivity contribution in [3.8, 4) is 11.5 Å². The first-order valence-corrected chi connectivity index (χ1v) is 9.59. The molecule has 0 saturated heterocycles. The molecule has 4 rings (SSSR count). The number of benzene rings is 2. The monoisotopic (exact) mass is 409 g/mol. The van der Waals surface area contributed by atoms with Crippen LogP contribution in [-0.2, 0) is 17.9 Å². The minimum atomic E-state index is -0.214. The van der Waals surface area contributed by atoms with Crippen molar-refractivity contribution in [2.75, 3.05) is 6.79 Å². The van der Waals surface area contributed by atoms with Gasteiger partial charge in [0.1, 0.15) is 5.15 Å². The van der Waals surface area contributed by atoms with Crippen LogP contribution >= 0.6 is 11.6 Å². The minimum Gasteiger partial charge on any atom is -0.454 e. The molecule has 0 aliphatic carbocycles. The van der Waals surface area contributed by atoms with Crippen LogP contribution in [0.4, 0.5) is 0 Å². The number of carbonyl (C=O) groups is 1. The van der Waals surface area contributed by atoms with E-state index in [-0.39, 0.29) is 12.7 Å². The number of ether oxygens (including phenoxy) is 2. The van der Waals surface area contributed by atoms with Gasteiger partial charge in [-0.1, -0.05) is 48.0 Å². The van der Waals surface area contributed by atoms with Gasteiger partial charge in [-0.25, -0.2) is 4.68 Å². The van der Waals surface area contributed by atoms with Crippen LogP contribution in [0, 0.1) is 6.92 Å². The molecule has 1 aliphatic rings. The van der Waals surface area contributed by atoms with Gasteiger partial charge >= 0.3 is 0 Å². The predicted molar refractivity (Wildman–Crippen MR) is 111 cm³/mol. The Balaban J connectivity index is 1.39. The van der Waals surface area contributed by atoms with Crippen LogP contribution in [0.2, 0.25) is 5.15 Å². The van der Waals surface area contributed by atoms with Gasteiger partial charge in [0.25, 0.3) is 0 Å². The van der Waals surface area contributed by atoms with Gasteiger partial charge in [0, 0.05) is 18.2 Å². The summed E-state index contributed by atoms with van der Waals surface area (Å²) in [6, 6.07) is 15.6. The van der Waals surface area contributed by atoms with Gasteiger partial charge < -0.3 is 14.8 Å². The molecule has 2 heterocycles. The van der Waals surface area contributed by atoms with Crippen molar-refractivity contribution in [2.45, 2.75) is 20.0 Å². The lowest BCUT2D eigenvalue weighted by molar-refractivity contribution is -0.116. The quantitative estimate of drug-likeness (QED) is 0.626. The van der Waals surface area contributed by atoms with E-state index in [1.54, 1.807) is 10.8 Å². The second-order valence-electron chi connectivity index (χ2n) is 6.67. The molecule has 29 heavy (non-hydrogen) atoms. The summed E-state index contributed by atoms with van der Waals surface area (Å²) in [5.41, 5.74) is 3.54. The maximum Gasteiger partial charge on any atom is 0.244 e. The maximum absolute atomic E-state index is 12.2. The number of aryl methyl sites for hydroxylation is 1. The fraction of sp³-hybridized carbons (Fsp3) is 0.182. The number of halogens is 1. The number of rotatable bonds is 6. The van der Waals surface area contributed by atoms with Gasteiger partial charge in [0.05, 0.1) is 12.2 Å². The van der Waals surface area contributed by atoms with Gasteiger partial charge in [-0.15, -0.1) is 0 Å². The lowest BCUT2D eigenvalue weighted by Gasteiger charge is -2.04. The van der Waals surface area contributed by atoms with Crippen molar-refractivity contribution >= 4 is 23.6 Å². The minimum absolute atomic E-state index is 0.214. The summed E-state index contributed by atoms with van der Waals surface area (Å²) in [7, 11) is 0. The molecule has 0 spiro atoms. The normalized spacial score (nSPS) is 12.5. The summed E-state index contributed by atoms with van der Waals surface area (Å²) in [6.07, 6.45) is 3.16. The third-order valence-electron chi connectivity index (χ3n) is 4.59. The smallest absolute Gasteiger partial charge is 0.244 e. The summed E-state index contributed by atoms with van der Waals surface area (Å²) < 4.78 is 12.4. The second kappa shape index (κ2) is 8.41. The van der Waals surface area contributed by atoms with Gasteiger partial charge in [-0.05, 0) is 36.3 Å². The van der Waals surface area contributed by atoms with E-state index >= 15 is 0 Å². The molecule has 6 nitrogen and oxygen atoms in total. The molecule has 0 radical (unpaired) electrons. The molecule has 3 aromatic rings. The number of hydrogen-bond acceptors (Lipinski definition) is 4. The molecule has 148 valence electrons. The van der Waals surface area contributed by atoms with Crippen molar-refractivity contribution in [1.82, 2.24) is 15.1 Å². The molecule has 2 aromatic carbocycles. The summed E-state index contributed by atoms with van der Waals surface area (Å²) in [5, 5.41) is 7.85.